The van der Waals surface area contributed by atoms with Crippen LogP contribution in [0.4, 0.5) is 0 Å². The van der Waals surface area contributed by atoms with Gasteiger partial charge in [0.25, 0.3) is 0 Å². The Morgan fingerprint density at radius 2 is 1.76 bits per heavy atom. The van der Waals surface area contributed by atoms with Crippen LogP contribution in [0.2, 0.25) is 0 Å². The number of nitrogens with zero attached hydrogens (tertiary/aromatic N) is 1. The van der Waals surface area contributed by atoms with Crippen LogP contribution in [0.15, 0.2) is 0 Å². The van der Waals surface area contributed by atoms with Crippen LogP contribution in [-0.2, 0) is 9.59 Å². The van der Waals surface area contributed by atoms with Crippen molar-refractivity contribution in [2.75, 3.05) is 6.54 Å². The summed E-state index contributed by atoms with van der Waals surface area (Å²) in [6.45, 7) is 15.4. The zero-order chi connectivity index (χ0) is 16.4. The van der Waals surface area contributed by atoms with Gasteiger partial charge in [-0.05, 0) is 23.7 Å². The van der Waals surface area contributed by atoms with Crippen molar-refractivity contribution in [3.05, 3.63) is 0 Å². The molecule has 1 heterocycles. The molecule has 1 saturated heterocycles. The van der Waals surface area contributed by atoms with Gasteiger partial charge in [-0.1, -0.05) is 54.9 Å². The highest BCUT2D eigenvalue weighted by Crippen LogP contribution is 2.29. The number of carbonyl (C=O) groups excluding carboxylic acids is 2. The number of rotatable bonds is 5. The van der Waals surface area contributed by atoms with Crippen LogP contribution in [0.5, 0.6) is 0 Å². The molecule has 4 unspecified atom stereocenters. The summed E-state index contributed by atoms with van der Waals surface area (Å²) in [7, 11) is 0. The summed E-state index contributed by atoms with van der Waals surface area (Å²) < 4.78 is 0. The zero-order valence-corrected chi connectivity index (χ0v) is 14.7. The van der Waals surface area contributed by atoms with Gasteiger partial charge in [0, 0.05) is 6.54 Å². The number of hydrogen-bond donors (Lipinski definition) is 1. The number of carbonyl (C=O) groups is 2. The quantitative estimate of drug-likeness (QED) is 0.848. The Morgan fingerprint density at radius 3 is 2.19 bits per heavy atom. The van der Waals surface area contributed by atoms with Gasteiger partial charge in [0.05, 0.1) is 0 Å². The standard InChI is InChI=1S/C17H32N2O2/c1-8-11(3)14-16(21)19(10-12(4)17(5,6)7)13(9-2)15(20)18-14/h11-14H,8-10H2,1-7H3,(H,18,20). The second kappa shape index (κ2) is 6.80. The summed E-state index contributed by atoms with van der Waals surface area (Å²) >= 11 is 0. The maximum atomic E-state index is 12.8. The monoisotopic (exact) mass is 296 g/mol. The molecule has 122 valence electrons. The van der Waals surface area contributed by atoms with E-state index in [4.69, 9.17) is 0 Å². The second-order valence-corrected chi connectivity index (χ2v) is 7.55. The number of piperazine rings is 1. The lowest BCUT2D eigenvalue weighted by Crippen LogP contribution is -2.65. The molecule has 4 heteroatoms. The fourth-order valence-electron chi connectivity index (χ4n) is 2.60. The molecule has 0 spiro atoms. The first-order chi connectivity index (χ1) is 9.63. The molecule has 2 amide bonds. The van der Waals surface area contributed by atoms with Crippen molar-refractivity contribution >= 4 is 11.8 Å². The molecular weight excluding hydrogens is 264 g/mol. The van der Waals surface area contributed by atoms with Crippen molar-refractivity contribution in [1.29, 1.82) is 0 Å². The van der Waals surface area contributed by atoms with Gasteiger partial charge in [-0.3, -0.25) is 9.59 Å². The summed E-state index contributed by atoms with van der Waals surface area (Å²) in [5.74, 6) is 0.612. The average Bonchev–Trinajstić information content (AvgIpc) is 2.40. The molecule has 0 aliphatic carbocycles. The number of nitrogens with one attached hydrogen (secondary N) is 1. The van der Waals surface area contributed by atoms with Gasteiger partial charge in [0.1, 0.15) is 12.1 Å². The summed E-state index contributed by atoms with van der Waals surface area (Å²) in [5.41, 5.74) is 0.123. The van der Waals surface area contributed by atoms with E-state index >= 15 is 0 Å². The summed E-state index contributed by atoms with van der Waals surface area (Å²) in [4.78, 5) is 27.0. The molecule has 1 rings (SSSR count). The van der Waals surface area contributed by atoms with Crippen molar-refractivity contribution in [3.63, 3.8) is 0 Å². The highest BCUT2D eigenvalue weighted by Gasteiger charge is 2.42. The summed E-state index contributed by atoms with van der Waals surface area (Å²) in [6, 6.07) is -0.680. The lowest BCUT2D eigenvalue weighted by molar-refractivity contribution is -0.152. The van der Waals surface area contributed by atoms with Gasteiger partial charge in [-0.25, -0.2) is 0 Å². The van der Waals surface area contributed by atoms with E-state index in [-0.39, 0.29) is 35.2 Å². The van der Waals surface area contributed by atoms with Crippen LogP contribution >= 0.6 is 0 Å². The Kier molecular flexibility index (Phi) is 5.83. The Balaban J connectivity index is 2.99. The lowest BCUT2D eigenvalue weighted by Gasteiger charge is -2.43. The minimum absolute atomic E-state index is 0.00325. The van der Waals surface area contributed by atoms with Gasteiger partial charge in [0.15, 0.2) is 0 Å². The molecule has 0 radical (unpaired) electrons. The number of hydrogen-bond acceptors (Lipinski definition) is 2. The maximum Gasteiger partial charge on any atom is 0.246 e. The smallest absolute Gasteiger partial charge is 0.246 e. The van der Waals surface area contributed by atoms with E-state index < -0.39 is 0 Å². The van der Waals surface area contributed by atoms with Crippen molar-refractivity contribution in [2.45, 2.75) is 73.4 Å². The van der Waals surface area contributed by atoms with Gasteiger partial charge < -0.3 is 10.2 Å². The van der Waals surface area contributed by atoms with Crippen LogP contribution < -0.4 is 5.32 Å². The molecule has 0 aromatic rings. The Bertz CT molecular complexity index is 387. The van der Waals surface area contributed by atoms with Gasteiger partial charge in [-0.2, -0.15) is 0 Å². The third kappa shape index (κ3) is 3.98. The van der Waals surface area contributed by atoms with E-state index in [1.54, 1.807) is 0 Å². The summed E-state index contributed by atoms with van der Waals surface area (Å²) in [6.07, 6.45) is 1.55. The van der Waals surface area contributed by atoms with Crippen molar-refractivity contribution in [2.24, 2.45) is 17.3 Å². The SMILES string of the molecule is CCC(C)C1NC(=O)C(CC)N(CC(C)C(C)(C)C)C1=O. The topological polar surface area (TPSA) is 49.4 Å². The van der Waals surface area contributed by atoms with E-state index in [9.17, 15) is 9.59 Å². The Labute approximate surface area is 129 Å². The van der Waals surface area contributed by atoms with Gasteiger partial charge >= 0.3 is 0 Å². The molecule has 0 saturated carbocycles. The maximum absolute atomic E-state index is 12.8. The van der Waals surface area contributed by atoms with Gasteiger partial charge in [-0.15, -0.1) is 0 Å². The molecule has 0 aromatic heterocycles. The highest BCUT2D eigenvalue weighted by atomic mass is 16.2. The molecular formula is C17H32N2O2. The first kappa shape index (κ1) is 18.0. The van der Waals surface area contributed by atoms with Crippen LogP contribution in [0.1, 0.15) is 61.3 Å². The molecule has 1 N–H and O–H groups in total. The third-order valence-electron chi connectivity index (χ3n) is 5.07. The fourth-order valence-corrected chi connectivity index (χ4v) is 2.60. The van der Waals surface area contributed by atoms with E-state index in [0.717, 1.165) is 6.42 Å². The van der Waals surface area contributed by atoms with Gasteiger partial charge in [0.2, 0.25) is 11.8 Å². The second-order valence-electron chi connectivity index (χ2n) is 7.55. The fraction of sp³-hybridized carbons (Fsp3) is 0.882. The molecule has 1 aliphatic rings. The Hall–Kier alpha value is -1.06. The average molecular weight is 296 g/mol. The van der Waals surface area contributed by atoms with Crippen LogP contribution in [0.3, 0.4) is 0 Å². The molecule has 4 nitrogen and oxygen atoms in total. The highest BCUT2D eigenvalue weighted by molar-refractivity contribution is 5.97. The molecule has 4 atom stereocenters. The predicted molar refractivity (Wildman–Crippen MR) is 85.8 cm³/mol. The minimum atomic E-state index is -0.363. The first-order valence-electron chi connectivity index (χ1n) is 8.24. The molecule has 1 fully saturated rings. The van der Waals surface area contributed by atoms with Crippen LogP contribution in [-0.4, -0.2) is 35.3 Å². The van der Waals surface area contributed by atoms with E-state index in [1.807, 2.05) is 18.7 Å². The van der Waals surface area contributed by atoms with E-state index in [0.29, 0.717) is 18.9 Å². The molecule has 1 aliphatic heterocycles. The first-order valence-corrected chi connectivity index (χ1v) is 8.24. The normalized spacial score (nSPS) is 26.5. The molecule has 21 heavy (non-hydrogen) atoms. The molecule has 0 aromatic carbocycles. The third-order valence-corrected chi connectivity index (χ3v) is 5.07. The van der Waals surface area contributed by atoms with Crippen molar-refractivity contribution in [1.82, 2.24) is 10.2 Å². The van der Waals surface area contributed by atoms with E-state index in [1.165, 1.54) is 0 Å². The largest absolute Gasteiger partial charge is 0.342 e. The predicted octanol–water partition coefficient (Wildman–Crippen LogP) is 2.82. The lowest BCUT2D eigenvalue weighted by atomic mass is 9.81. The van der Waals surface area contributed by atoms with E-state index in [2.05, 4.69) is 39.9 Å². The number of amides is 2. The van der Waals surface area contributed by atoms with Crippen molar-refractivity contribution < 1.29 is 9.59 Å². The molecule has 0 bridgehead atoms. The minimum Gasteiger partial charge on any atom is -0.342 e. The zero-order valence-electron chi connectivity index (χ0n) is 14.7. The van der Waals surface area contributed by atoms with Crippen LogP contribution in [0, 0.1) is 17.3 Å². The summed E-state index contributed by atoms with van der Waals surface area (Å²) in [5, 5.41) is 2.93. The van der Waals surface area contributed by atoms with Crippen LogP contribution in [0.25, 0.3) is 0 Å². The van der Waals surface area contributed by atoms with Crippen molar-refractivity contribution in [3.8, 4) is 0 Å². The Morgan fingerprint density at radius 1 is 1.19 bits per heavy atom.